The fraction of sp³-hybridized carbons (Fsp3) is 0.364. The van der Waals surface area contributed by atoms with Gasteiger partial charge >= 0.3 is 0 Å². The molecule has 0 radical (unpaired) electrons. The van der Waals surface area contributed by atoms with Crippen LogP contribution in [0.15, 0.2) is 12.1 Å². The highest BCUT2D eigenvalue weighted by atomic mass is 16.5. The van der Waals surface area contributed by atoms with Crippen molar-refractivity contribution in [1.82, 2.24) is 5.43 Å². The first-order valence-electron chi connectivity index (χ1n) is 4.92. The lowest BCUT2D eigenvalue weighted by atomic mass is 10.0. The van der Waals surface area contributed by atoms with Crippen LogP contribution in [0.4, 0.5) is 0 Å². The molecule has 88 valence electrons. The Morgan fingerprint density at radius 1 is 1.38 bits per heavy atom. The fourth-order valence-corrected chi connectivity index (χ4v) is 1.73. The quantitative estimate of drug-likeness (QED) is 0.390. The highest BCUT2D eigenvalue weighted by Gasteiger charge is 2.16. The molecule has 0 saturated carbocycles. The summed E-state index contributed by atoms with van der Waals surface area (Å²) in [5.41, 5.74) is 10.4. The number of aryl methyl sites for hydroxylation is 2. The van der Waals surface area contributed by atoms with Gasteiger partial charge in [-0.1, -0.05) is 12.1 Å². The average molecular weight is 223 g/mol. The summed E-state index contributed by atoms with van der Waals surface area (Å²) in [6.07, 6.45) is 0. The van der Waals surface area contributed by atoms with E-state index in [-0.39, 0.29) is 0 Å². The zero-order valence-corrected chi connectivity index (χ0v) is 9.70. The Balaban J connectivity index is 3.13. The first-order valence-corrected chi connectivity index (χ1v) is 4.92. The standard InChI is InChI=1S/C11H17N3O2/c1-6-4-8(9(12)11(15)14-13)5-7(2)10(6)16-3/h4-5,9H,12-13H2,1-3H3,(H,14,15). The minimum Gasteiger partial charge on any atom is -0.496 e. The van der Waals surface area contributed by atoms with E-state index in [1.54, 1.807) is 7.11 Å². The molecule has 0 aromatic heterocycles. The molecule has 1 aromatic rings. The molecule has 0 bridgehead atoms. The number of carbonyl (C=O) groups is 1. The van der Waals surface area contributed by atoms with Crippen LogP contribution in [0.25, 0.3) is 0 Å². The number of carbonyl (C=O) groups excluding carboxylic acids is 1. The molecule has 0 spiro atoms. The number of ether oxygens (including phenoxy) is 1. The Hall–Kier alpha value is -1.59. The number of benzene rings is 1. The second kappa shape index (κ2) is 4.96. The van der Waals surface area contributed by atoms with Crippen molar-refractivity contribution < 1.29 is 9.53 Å². The number of methoxy groups -OCH3 is 1. The lowest BCUT2D eigenvalue weighted by Gasteiger charge is -2.15. The van der Waals surface area contributed by atoms with E-state index < -0.39 is 11.9 Å². The van der Waals surface area contributed by atoms with Crippen LogP contribution in [0.1, 0.15) is 22.7 Å². The van der Waals surface area contributed by atoms with Gasteiger partial charge in [-0.15, -0.1) is 0 Å². The Bertz CT molecular complexity index is 381. The first kappa shape index (κ1) is 12.5. The Morgan fingerprint density at radius 3 is 2.25 bits per heavy atom. The van der Waals surface area contributed by atoms with Gasteiger partial charge in [0.15, 0.2) is 0 Å². The van der Waals surface area contributed by atoms with Crippen molar-refractivity contribution in [3.8, 4) is 5.75 Å². The average Bonchev–Trinajstić information content (AvgIpc) is 2.26. The number of nitrogens with one attached hydrogen (secondary N) is 1. The zero-order valence-electron chi connectivity index (χ0n) is 9.70. The molecule has 1 atom stereocenters. The van der Waals surface area contributed by atoms with Gasteiger partial charge in [-0.3, -0.25) is 10.2 Å². The van der Waals surface area contributed by atoms with Crippen molar-refractivity contribution in [3.63, 3.8) is 0 Å². The summed E-state index contributed by atoms with van der Waals surface area (Å²) in [6, 6.07) is 2.89. The second-order valence-corrected chi connectivity index (χ2v) is 3.67. The molecular formula is C11H17N3O2. The molecular weight excluding hydrogens is 206 g/mol. The van der Waals surface area contributed by atoms with Crippen LogP contribution in [0.2, 0.25) is 0 Å². The van der Waals surface area contributed by atoms with Crippen LogP contribution in [-0.2, 0) is 4.79 Å². The molecule has 1 rings (SSSR count). The van der Waals surface area contributed by atoms with Crippen LogP contribution in [-0.4, -0.2) is 13.0 Å². The normalized spacial score (nSPS) is 12.1. The van der Waals surface area contributed by atoms with E-state index in [1.165, 1.54) is 0 Å². The summed E-state index contributed by atoms with van der Waals surface area (Å²) < 4.78 is 5.23. The lowest BCUT2D eigenvalue weighted by molar-refractivity contribution is -0.122. The van der Waals surface area contributed by atoms with Crippen molar-refractivity contribution >= 4 is 5.91 Å². The maximum absolute atomic E-state index is 11.3. The van der Waals surface area contributed by atoms with E-state index >= 15 is 0 Å². The summed E-state index contributed by atoms with van der Waals surface area (Å²) >= 11 is 0. The van der Waals surface area contributed by atoms with Gasteiger partial charge in [0, 0.05) is 0 Å². The molecule has 1 amide bonds. The van der Waals surface area contributed by atoms with E-state index in [1.807, 2.05) is 31.4 Å². The summed E-state index contributed by atoms with van der Waals surface area (Å²) in [5.74, 6) is 5.43. The van der Waals surface area contributed by atoms with E-state index in [9.17, 15) is 4.79 Å². The maximum Gasteiger partial charge on any atom is 0.255 e. The van der Waals surface area contributed by atoms with Crippen LogP contribution in [0, 0.1) is 13.8 Å². The molecule has 1 aromatic carbocycles. The van der Waals surface area contributed by atoms with Gasteiger partial charge in [-0.05, 0) is 30.5 Å². The molecule has 16 heavy (non-hydrogen) atoms. The molecule has 0 fully saturated rings. The smallest absolute Gasteiger partial charge is 0.255 e. The Kier molecular flexibility index (Phi) is 3.87. The summed E-state index contributed by atoms with van der Waals surface area (Å²) in [4.78, 5) is 11.3. The Labute approximate surface area is 94.7 Å². The van der Waals surface area contributed by atoms with E-state index in [0.717, 1.165) is 22.4 Å². The Morgan fingerprint density at radius 2 is 1.88 bits per heavy atom. The SMILES string of the molecule is COc1c(C)cc(C(N)C(=O)NN)cc1C. The van der Waals surface area contributed by atoms with Gasteiger partial charge in [0.1, 0.15) is 11.8 Å². The van der Waals surface area contributed by atoms with Crippen molar-refractivity contribution in [2.75, 3.05) is 7.11 Å². The fourth-order valence-electron chi connectivity index (χ4n) is 1.73. The third kappa shape index (κ3) is 2.32. The van der Waals surface area contributed by atoms with E-state index in [4.69, 9.17) is 16.3 Å². The van der Waals surface area contributed by atoms with Crippen LogP contribution < -0.4 is 21.7 Å². The molecule has 0 heterocycles. The third-order valence-corrected chi connectivity index (χ3v) is 2.47. The summed E-state index contributed by atoms with van der Waals surface area (Å²) in [5, 5.41) is 0. The minimum absolute atomic E-state index is 0.413. The van der Waals surface area contributed by atoms with E-state index in [0.29, 0.717) is 0 Å². The van der Waals surface area contributed by atoms with Crippen molar-refractivity contribution in [2.45, 2.75) is 19.9 Å². The van der Waals surface area contributed by atoms with E-state index in [2.05, 4.69) is 0 Å². The monoisotopic (exact) mass is 223 g/mol. The number of amides is 1. The highest BCUT2D eigenvalue weighted by Crippen LogP contribution is 2.26. The third-order valence-electron chi connectivity index (χ3n) is 2.47. The number of rotatable bonds is 3. The van der Waals surface area contributed by atoms with Crippen molar-refractivity contribution in [1.29, 1.82) is 0 Å². The second-order valence-electron chi connectivity index (χ2n) is 3.67. The highest BCUT2D eigenvalue weighted by molar-refractivity contribution is 5.82. The predicted molar refractivity (Wildman–Crippen MR) is 61.7 cm³/mol. The van der Waals surface area contributed by atoms with Gasteiger partial charge in [-0.2, -0.15) is 0 Å². The molecule has 0 aliphatic rings. The summed E-state index contributed by atoms with van der Waals surface area (Å²) in [6.45, 7) is 3.81. The zero-order chi connectivity index (χ0) is 12.3. The van der Waals surface area contributed by atoms with Gasteiger partial charge in [0.25, 0.3) is 5.91 Å². The van der Waals surface area contributed by atoms with Crippen molar-refractivity contribution in [3.05, 3.63) is 28.8 Å². The molecule has 0 aliphatic carbocycles. The van der Waals surface area contributed by atoms with Gasteiger partial charge in [-0.25, -0.2) is 5.84 Å². The minimum atomic E-state index is -0.756. The first-order chi connectivity index (χ1) is 7.51. The van der Waals surface area contributed by atoms with Gasteiger partial charge < -0.3 is 10.5 Å². The van der Waals surface area contributed by atoms with Crippen LogP contribution >= 0.6 is 0 Å². The molecule has 1 unspecified atom stereocenters. The molecule has 0 aliphatic heterocycles. The molecule has 0 saturated heterocycles. The topological polar surface area (TPSA) is 90.4 Å². The van der Waals surface area contributed by atoms with Gasteiger partial charge in [0.2, 0.25) is 0 Å². The van der Waals surface area contributed by atoms with Crippen molar-refractivity contribution in [2.24, 2.45) is 11.6 Å². The predicted octanol–water partition coefficient (Wildman–Crippen LogP) is 0.302. The lowest BCUT2D eigenvalue weighted by Crippen LogP contribution is -2.38. The number of nitrogens with two attached hydrogens (primary N) is 2. The summed E-state index contributed by atoms with van der Waals surface area (Å²) in [7, 11) is 1.61. The van der Waals surface area contributed by atoms with Gasteiger partial charge in [0.05, 0.1) is 7.11 Å². The molecule has 5 nitrogen and oxygen atoms in total. The molecule has 5 N–H and O–H groups in total. The van der Waals surface area contributed by atoms with Crippen LogP contribution in [0.5, 0.6) is 5.75 Å². The maximum atomic E-state index is 11.3. The molecule has 5 heteroatoms. The van der Waals surface area contributed by atoms with Crippen LogP contribution in [0.3, 0.4) is 0 Å². The number of hydrogen-bond donors (Lipinski definition) is 3. The number of hydrazine groups is 1. The number of hydrogen-bond acceptors (Lipinski definition) is 4. The largest absolute Gasteiger partial charge is 0.496 e.